The van der Waals surface area contributed by atoms with E-state index in [1.165, 1.54) is 5.39 Å². The number of amides is 1. The molecule has 30 heavy (non-hydrogen) atoms. The molecule has 1 aromatic heterocycles. The number of aromatic nitrogens is 1. The van der Waals surface area contributed by atoms with Crippen LogP contribution in [0.3, 0.4) is 0 Å². The maximum absolute atomic E-state index is 13.4. The van der Waals surface area contributed by atoms with Crippen LogP contribution in [0, 0.1) is 0 Å². The molecule has 2 aliphatic rings. The van der Waals surface area contributed by atoms with Gasteiger partial charge in [-0.15, -0.1) is 0 Å². The number of hydrogen-bond acceptors (Lipinski definition) is 3. The Morgan fingerprint density at radius 2 is 1.93 bits per heavy atom. The molecule has 0 radical (unpaired) electrons. The number of hydrogen-bond donors (Lipinski definition) is 1. The summed E-state index contributed by atoms with van der Waals surface area (Å²) in [5.74, 6) is 0.0584. The van der Waals surface area contributed by atoms with Crippen molar-refractivity contribution in [2.75, 3.05) is 0 Å². The zero-order valence-corrected chi connectivity index (χ0v) is 17.1. The Bertz CT molecular complexity index is 1120. The second kappa shape index (κ2) is 7.69. The van der Waals surface area contributed by atoms with E-state index in [0.717, 1.165) is 65.4 Å². The number of fused-ring (bicyclic) bond motifs is 3. The smallest absolute Gasteiger partial charge is 0.254 e. The lowest BCUT2D eigenvalue weighted by atomic mass is 9.91. The van der Waals surface area contributed by atoms with E-state index in [2.05, 4.69) is 41.9 Å². The van der Waals surface area contributed by atoms with Crippen LogP contribution < -0.4 is 0 Å². The summed E-state index contributed by atoms with van der Waals surface area (Å²) in [6, 6.07) is 14.4. The van der Waals surface area contributed by atoms with Crippen LogP contribution in [0.15, 0.2) is 55.2 Å². The van der Waals surface area contributed by atoms with Crippen LogP contribution in [0.1, 0.15) is 58.4 Å². The van der Waals surface area contributed by atoms with E-state index in [4.69, 9.17) is 0 Å². The fraction of sp³-hybridized carbons (Fsp3) is 0.308. The van der Waals surface area contributed by atoms with Crippen molar-refractivity contribution in [1.82, 2.24) is 9.88 Å². The van der Waals surface area contributed by atoms with Crippen molar-refractivity contribution in [2.45, 2.75) is 50.8 Å². The summed E-state index contributed by atoms with van der Waals surface area (Å²) < 4.78 is 0. The summed E-state index contributed by atoms with van der Waals surface area (Å²) >= 11 is 0. The quantitative estimate of drug-likeness (QED) is 0.691. The van der Waals surface area contributed by atoms with E-state index in [9.17, 15) is 9.90 Å². The molecule has 1 aliphatic carbocycles. The molecule has 0 unspecified atom stereocenters. The lowest BCUT2D eigenvalue weighted by molar-refractivity contribution is 0.0192. The molecule has 5 rings (SSSR count). The highest BCUT2D eigenvalue weighted by Gasteiger charge is 2.38. The molecule has 1 aliphatic heterocycles. The molecule has 1 fully saturated rings. The monoisotopic (exact) mass is 398 g/mol. The summed E-state index contributed by atoms with van der Waals surface area (Å²) in [5.41, 5.74) is 4.98. The lowest BCUT2D eigenvalue weighted by Gasteiger charge is -2.35. The average Bonchev–Trinajstić information content (AvgIpc) is 3.11. The highest BCUT2D eigenvalue weighted by Crippen LogP contribution is 2.37. The average molecular weight is 399 g/mol. The molecule has 4 heteroatoms. The van der Waals surface area contributed by atoms with Crippen LogP contribution in [-0.4, -0.2) is 33.0 Å². The largest absolute Gasteiger partial charge is 0.391 e. The molecule has 1 amide bonds. The van der Waals surface area contributed by atoms with E-state index in [-0.39, 0.29) is 11.9 Å². The van der Waals surface area contributed by atoms with Gasteiger partial charge in [0.05, 0.1) is 17.8 Å². The first-order chi connectivity index (χ1) is 14.7. The van der Waals surface area contributed by atoms with Gasteiger partial charge in [0.1, 0.15) is 0 Å². The topological polar surface area (TPSA) is 53.4 Å². The predicted molar refractivity (Wildman–Crippen MR) is 119 cm³/mol. The summed E-state index contributed by atoms with van der Waals surface area (Å²) in [6.07, 6.45) is 7.69. The van der Waals surface area contributed by atoms with Gasteiger partial charge >= 0.3 is 0 Å². The number of aliphatic hydroxyl groups excluding tert-OH is 1. The predicted octanol–water partition coefficient (Wildman–Crippen LogP) is 4.73. The second-order valence-corrected chi connectivity index (χ2v) is 8.43. The van der Waals surface area contributed by atoms with Crippen LogP contribution in [0.4, 0.5) is 0 Å². The van der Waals surface area contributed by atoms with E-state index in [0.29, 0.717) is 6.54 Å². The third kappa shape index (κ3) is 3.21. The third-order valence-electron chi connectivity index (χ3n) is 6.61. The fourth-order valence-corrected chi connectivity index (χ4v) is 5.02. The summed E-state index contributed by atoms with van der Waals surface area (Å²) in [6.45, 7) is 4.35. The van der Waals surface area contributed by atoms with Crippen molar-refractivity contribution in [3.8, 4) is 0 Å². The minimum absolute atomic E-state index is 0.0584. The Kier molecular flexibility index (Phi) is 4.87. The van der Waals surface area contributed by atoms with Gasteiger partial charge in [-0.2, -0.15) is 0 Å². The molecule has 3 aromatic rings. The Morgan fingerprint density at radius 1 is 1.13 bits per heavy atom. The van der Waals surface area contributed by atoms with Crippen molar-refractivity contribution in [3.63, 3.8) is 0 Å². The van der Waals surface area contributed by atoms with Crippen molar-refractivity contribution in [1.29, 1.82) is 0 Å². The van der Waals surface area contributed by atoms with Gasteiger partial charge in [-0.25, -0.2) is 0 Å². The first kappa shape index (κ1) is 19.0. The maximum Gasteiger partial charge on any atom is 0.254 e. The van der Waals surface area contributed by atoms with Crippen LogP contribution in [-0.2, 0) is 13.0 Å². The molecule has 0 bridgehead atoms. The minimum atomic E-state index is -0.419. The molecule has 2 aromatic carbocycles. The molecule has 0 saturated heterocycles. The van der Waals surface area contributed by atoms with Crippen molar-refractivity contribution in [2.24, 2.45) is 0 Å². The summed E-state index contributed by atoms with van der Waals surface area (Å²) in [5, 5.41) is 12.8. The normalized spacial score (nSPS) is 21.1. The van der Waals surface area contributed by atoms with E-state index in [1.54, 1.807) is 6.08 Å². The van der Waals surface area contributed by atoms with Gasteiger partial charge in [0.25, 0.3) is 5.91 Å². The Labute approximate surface area is 176 Å². The number of carbonyl (C=O) groups excluding carboxylic acids is 1. The van der Waals surface area contributed by atoms with Crippen molar-refractivity contribution in [3.05, 3.63) is 83.2 Å². The standard InChI is InChI=1S/C26H26N2O2/c1-2-19-12-11-17(15-27-19)13-18-14-22-23(21-8-4-3-7-20(18)21)16-28(26(22)30)24-9-5-6-10-25(24)29/h2-4,7-8,11-12,14-15,24-25,29H,1,5-6,9-10,13,16H2/t24-,25-/m0/s1. The summed E-state index contributed by atoms with van der Waals surface area (Å²) in [7, 11) is 0. The molecular weight excluding hydrogens is 372 g/mol. The van der Waals surface area contributed by atoms with Crippen LogP contribution in [0.5, 0.6) is 0 Å². The molecule has 2 atom stereocenters. The molecule has 1 N–H and O–H groups in total. The van der Waals surface area contributed by atoms with E-state index >= 15 is 0 Å². The molecular formula is C26H26N2O2. The third-order valence-corrected chi connectivity index (χ3v) is 6.61. The number of rotatable bonds is 4. The number of carbonyl (C=O) groups is 1. The number of benzene rings is 2. The highest BCUT2D eigenvalue weighted by molar-refractivity contribution is 6.05. The number of nitrogens with zero attached hydrogens (tertiary/aromatic N) is 2. The summed E-state index contributed by atoms with van der Waals surface area (Å²) in [4.78, 5) is 19.7. The van der Waals surface area contributed by atoms with Crippen LogP contribution >= 0.6 is 0 Å². The first-order valence-electron chi connectivity index (χ1n) is 10.8. The van der Waals surface area contributed by atoms with Gasteiger partial charge in [0.2, 0.25) is 0 Å². The Hall–Kier alpha value is -2.98. The fourth-order valence-electron chi connectivity index (χ4n) is 5.02. The molecule has 4 nitrogen and oxygen atoms in total. The number of aliphatic hydroxyl groups is 1. The molecule has 2 heterocycles. The molecule has 1 saturated carbocycles. The zero-order chi connectivity index (χ0) is 20.7. The number of pyridine rings is 1. The molecule has 152 valence electrons. The van der Waals surface area contributed by atoms with Gasteiger partial charge in [-0.3, -0.25) is 9.78 Å². The van der Waals surface area contributed by atoms with Crippen LogP contribution in [0.25, 0.3) is 16.8 Å². The van der Waals surface area contributed by atoms with Crippen LogP contribution in [0.2, 0.25) is 0 Å². The van der Waals surface area contributed by atoms with E-state index in [1.807, 2.05) is 23.2 Å². The SMILES string of the molecule is C=Cc1ccc(Cc2cc3c(c4ccccc24)CN([C@H]2CCCC[C@@H]2O)C3=O)cn1. The Morgan fingerprint density at radius 3 is 2.67 bits per heavy atom. The van der Waals surface area contributed by atoms with Gasteiger partial charge in [-0.05, 0) is 64.9 Å². The van der Waals surface area contributed by atoms with Gasteiger partial charge < -0.3 is 10.0 Å². The van der Waals surface area contributed by atoms with Gasteiger partial charge in [0, 0.05) is 18.3 Å². The highest BCUT2D eigenvalue weighted by atomic mass is 16.3. The minimum Gasteiger partial charge on any atom is -0.391 e. The Balaban J connectivity index is 1.55. The molecule has 0 spiro atoms. The second-order valence-electron chi connectivity index (χ2n) is 8.43. The van der Waals surface area contributed by atoms with Gasteiger partial charge in [-0.1, -0.05) is 49.8 Å². The van der Waals surface area contributed by atoms with Crippen molar-refractivity contribution >= 4 is 22.8 Å². The lowest BCUT2D eigenvalue weighted by Crippen LogP contribution is -2.45. The zero-order valence-electron chi connectivity index (χ0n) is 17.1. The van der Waals surface area contributed by atoms with E-state index < -0.39 is 6.10 Å². The van der Waals surface area contributed by atoms with Crippen molar-refractivity contribution < 1.29 is 9.90 Å². The first-order valence-corrected chi connectivity index (χ1v) is 10.8. The maximum atomic E-state index is 13.4. The van der Waals surface area contributed by atoms with Gasteiger partial charge in [0.15, 0.2) is 0 Å².